The number of anilines is 1. The van der Waals surface area contributed by atoms with Crippen LogP contribution in [0.2, 0.25) is 10.0 Å². The Labute approximate surface area is 146 Å². The van der Waals surface area contributed by atoms with Crippen LogP contribution in [0.1, 0.15) is 35.7 Å². The van der Waals surface area contributed by atoms with Crippen LogP contribution >= 0.6 is 23.2 Å². The summed E-state index contributed by atoms with van der Waals surface area (Å²) in [6.45, 7) is 2.16. The van der Waals surface area contributed by atoms with Crippen LogP contribution < -0.4 is 10.1 Å². The number of benzene rings is 2. The molecule has 23 heavy (non-hydrogen) atoms. The zero-order chi connectivity index (χ0) is 16.8. The third-order valence-electron chi connectivity index (χ3n) is 3.49. The largest absolute Gasteiger partial charge is 0.494 e. The predicted octanol–water partition coefficient (Wildman–Crippen LogP) is 5.60. The molecule has 2 aromatic carbocycles. The monoisotopic (exact) mass is 351 g/mol. The molecule has 0 atom stereocenters. The molecule has 0 bridgehead atoms. The lowest BCUT2D eigenvalue weighted by molar-refractivity contribution is 0.102. The number of carbonyl (C=O) groups is 1. The Morgan fingerprint density at radius 2 is 1.87 bits per heavy atom. The standard InChI is InChI=1S/C18H19Cl2NO2/c1-3-4-5-12-6-8-14(9-7-12)21-18(22)15-10-13(19)11-16(20)17(15)23-2/h6-11H,3-5H2,1-2H3,(H,21,22). The molecular weight excluding hydrogens is 333 g/mol. The fourth-order valence-electron chi connectivity index (χ4n) is 2.27. The van der Waals surface area contributed by atoms with Crippen LogP contribution in [0.3, 0.4) is 0 Å². The van der Waals surface area contributed by atoms with E-state index in [0.717, 1.165) is 19.3 Å². The second-order valence-electron chi connectivity index (χ2n) is 5.22. The molecule has 3 nitrogen and oxygen atoms in total. The van der Waals surface area contributed by atoms with E-state index in [-0.39, 0.29) is 5.91 Å². The number of ether oxygens (including phenoxy) is 1. The maximum Gasteiger partial charge on any atom is 0.259 e. The van der Waals surface area contributed by atoms with Crippen molar-refractivity contribution >= 4 is 34.8 Å². The second-order valence-corrected chi connectivity index (χ2v) is 6.07. The van der Waals surface area contributed by atoms with Crippen molar-refractivity contribution in [3.8, 4) is 5.75 Å². The third kappa shape index (κ3) is 4.63. The average Bonchev–Trinajstić information content (AvgIpc) is 2.53. The second kappa shape index (κ2) is 8.23. The first-order valence-electron chi connectivity index (χ1n) is 7.48. The highest BCUT2D eigenvalue weighted by atomic mass is 35.5. The van der Waals surface area contributed by atoms with E-state index in [4.69, 9.17) is 27.9 Å². The van der Waals surface area contributed by atoms with E-state index in [1.165, 1.54) is 18.7 Å². The van der Waals surface area contributed by atoms with Crippen LogP contribution in [-0.4, -0.2) is 13.0 Å². The quantitative estimate of drug-likeness (QED) is 0.735. The van der Waals surface area contributed by atoms with Gasteiger partial charge in [-0.25, -0.2) is 0 Å². The molecule has 0 aliphatic heterocycles. The van der Waals surface area contributed by atoms with Crippen molar-refractivity contribution in [1.29, 1.82) is 0 Å². The average molecular weight is 352 g/mol. The summed E-state index contributed by atoms with van der Waals surface area (Å²) in [5.74, 6) is 0.000640. The summed E-state index contributed by atoms with van der Waals surface area (Å²) in [6, 6.07) is 10.9. The number of halogens is 2. The number of aryl methyl sites for hydroxylation is 1. The molecule has 2 aromatic rings. The summed E-state index contributed by atoms with van der Waals surface area (Å²) in [5.41, 5.74) is 2.28. The van der Waals surface area contributed by atoms with E-state index >= 15 is 0 Å². The minimum Gasteiger partial charge on any atom is -0.494 e. The van der Waals surface area contributed by atoms with Gasteiger partial charge < -0.3 is 10.1 Å². The van der Waals surface area contributed by atoms with Gasteiger partial charge in [0.2, 0.25) is 0 Å². The van der Waals surface area contributed by atoms with Crippen molar-refractivity contribution in [3.05, 3.63) is 57.6 Å². The van der Waals surface area contributed by atoms with Crippen molar-refractivity contribution in [2.75, 3.05) is 12.4 Å². The Hall–Kier alpha value is -1.71. The van der Waals surface area contributed by atoms with Crippen molar-refractivity contribution in [2.45, 2.75) is 26.2 Å². The molecule has 0 heterocycles. The van der Waals surface area contributed by atoms with Gasteiger partial charge in [0.15, 0.2) is 0 Å². The topological polar surface area (TPSA) is 38.3 Å². The van der Waals surface area contributed by atoms with E-state index in [9.17, 15) is 4.79 Å². The van der Waals surface area contributed by atoms with Gasteiger partial charge in [0.25, 0.3) is 5.91 Å². The van der Waals surface area contributed by atoms with Gasteiger partial charge in [-0.1, -0.05) is 48.7 Å². The maximum absolute atomic E-state index is 12.4. The van der Waals surface area contributed by atoms with Crippen LogP contribution in [-0.2, 0) is 6.42 Å². The summed E-state index contributed by atoms with van der Waals surface area (Å²) in [4.78, 5) is 12.4. The Balaban J connectivity index is 2.16. The predicted molar refractivity (Wildman–Crippen MR) is 96.0 cm³/mol. The van der Waals surface area contributed by atoms with Crippen molar-refractivity contribution in [2.24, 2.45) is 0 Å². The van der Waals surface area contributed by atoms with Gasteiger partial charge in [-0.15, -0.1) is 0 Å². The first-order valence-corrected chi connectivity index (χ1v) is 8.24. The van der Waals surface area contributed by atoms with E-state index in [1.807, 2.05) is 24.3 Å². The molecule has 0 unspecified atom stereocenters. The fourth-order valence-corrected chi connectivity index (χ4v) is 2.84. The highest BCUT2D eigenvalue weighted by Crippen LogP contribution is 2.32. The summed E-state index contributed by atoms with van der Waals surface area (Å²) >= 11 is 12.0. The smallest absolute Gasteiger partial charge is 0.259 e. The zero-order valence-electron chi connectivity index (χ0n) is 13.2. The first kappa shape index (κ1) is 17.6. The number of hydrogen-bond donors (Lipinski definition) is 1. The molecule has 5 heteroatoms. The lowest BCUT2D eigenvalue weighted by Gasteiger charge is -2.12. The van der Waals surface area contributed by atoms with Crippen LogP contribution in [0, 0.1) is 0 Å². The maximum atomic E-state index is 12.4. The summed E-state index contributed by atoms with van der Waals surface area (Å²) < 4.78 is 5.20. The Kier molecular flexibility index (Phi) is 6.31. The minimum atomic E-state index is -0.312. The summed E-state index contributed by atoms with van der Waals surface area (Å²) in [5, 5.41) is 3.53. The lowest BCUT2D eigenvalue weighted by atomic mass is 10.1. The van der Waals surface area contributed by atoms with Crippen LogP contribution in [0.15, 0.2) is 36.4 Å². The fraction of sp³-hybridized carbons (Fsp3) is 0.278. The molecule has 2 rings (SSSR count). The number of amides is 1. The normalized spacial score (nSPS) is 10.4. The highest BCUT2D eigenvalue weighted by molar-refractivity contribution is 6.36. The number of rotatable bonds is 6. The molecule has 0 radical (unpaired) electrons. The number of carbonyl (C=O) groups excluding carboxylic acids is 1. The molecule has 0 aromatic heterocycles. The van der Waals surface area contributed by atoms with Gasteiger partial charge in [-0.05, 0) is 42.7 Å². The highest BCUT2D eigenvalue weighted by Gasteiger charge is 2.17. The molecule has 0 spiro atoms. The van der Waals surface area contributed by atoms with E-state index in [2.05, 4.69) is 12.2 Å². The van der Waals surface area contributed by atoms with E-state index in [0.29, 0.717) is 27.0 Å². The minimum absolute atomic E-state index is 0.306. The SMILES string of the molecule is CCCCc1ccc(NC(=O)c2cc(Cl)cc(Cl)c2OC)cc1. The molecule has 1 N–H and O–H groups in total. The Bertz CT molecular complexity index is 684. The summed E-state index contributed by atoms with van der Waals surface area (Å²) in [7, 11) is 1.47. The molecule has 1 amide bonds. The van der Waals surface area contributed by atoms with Gasteiger partial charge in [-0.3, -0.25) is 4.79 Å². The first-order chi connectivity index (χ1) is 11.0. The molecule has 0 saturated carbocycles. The lowest BCUT2D eigenvalue weighted by Crippen LogP contribution is -2.13. The molecule has 0 aliphatic carbocycles. The Morgan fingerprint density at radius 3 is 2.48 bits per heavy atom. The molecule has 0 saturated heterocycles. The number of hydrogen-bond acceptors (Lipinski definition) is 2. The summed E-state index contributed by atoms with van der Waals surface area (Å²) in [6.07, 6.45) is 3.36. The van der Waals surface area contributed by atoms with E-state index < -0.39 is 0 Å². The van der Waals surface area contributed by atoms with Crippen LogP contribution in [0.25, 0.3) is 0 Å². The third-order valence-corrected chi connectivity index (χ3v) is 3.99. The Morgan fingerprint density at radius 1 is 1.17 bits per heavy atom. The number of methoxy groups -OCH3 is 1. The van der Waals surface area contributed by atoms with Crippen molar-refractivity contribution in [1.82, 2.24) is 0 Å². The van der Waals surface area contributed by atoms with Gasteiger partial charge >= 0.3 is 0 Å². The molecule has 0 aliphatic rings. The molecular formula is C18H19Cl2NO2. The zero-order valence-corrected chi connectivity index (χ0v) is 14.7. The van der Waals surface area contributed by atoms with Crippen molar-refractivity contribution in [3.63, 3.8) is 0 Å². The molecule has 0 fully saturated rings. The van der Waals surface area contributed by atoms with Gasteiger partial charge in [-0.2, -0.15) is 0 Å². The number of nitrogens with one attached hydrogen (secondary N) is 1. The van der Waals surface area contributed by atoms with Gasteiger partial charge in [0, 0.05) is 10.7 Å². The molecule has 122 valence electrons. The number of unbranched alkanes of at least 4 members (excludes halogenated alkanes) is 1. The van der Waals surface area contributed by atoms with E-state index in [1.54, 1.807) is 6.07 Å². The van der Waals surface area contributed by atoms with Gasteiger partial charge in [0.1, 0.15) is 5.75 Å². The van der Waals surface area contributed by atoms with Crippen molar-refractivity contribution < 1.29 is 9.53 Å². The van der Waals surface area contributed by atoms with Crippen LogP contribution in [0.4, 0.5) is 5.69 Å². The van der Waals surface area contributed by atoms with Crippen LogP contribution in [0.5, 0.6) is 5.75 Å². The van der Waals surface area contributed by atoms with Gasteiger partial charge in [0.05, 0.1) is 17.7 Å².